The van der Waals surface area contributed by atoms with Gasteiger partial charge in [-0.3, -0.25) is 0 Å². The lowest BCUT2D eigenvalue weighted by atomic mass is 10.0. The highest BCUT2D eigenvalue weighted by molar-refractivity contribution is 4.70. The van der Waals surface area contributed by atoms with Crippen molar-refractivity contribution in [2.45, 2.75) is 111 Å². The van der Waals surface area contributed by atoms with Gasteiger partial charge in [-0.2, -0.15) is 0 Å². The standard InChI is InChI=1S/C18H36O.CH4/c1-2-3-4-5-6-7-8-9-10-11-12-13-14-15-16-17-18-19;/h17-19H,2-16H2,1H3;1H4. The highest BCUT2D eigenvalue weighted by atomic mass is 16.2. The molecule has 0 aliphatic heterocycles. The van der Waals surface area contributed by atoms with E-state index in [4.69, 9.17) is 5.11 Å². The van der Waals surface area contributed by atoms with E-state index in [1.54, 1.807) is 0 Å². The Hall–Kier alpha value is -0.460. The molecule has 0 aliphatic rings. The fourth-order valence-electron chi connectivity index (χ4n) is 2.53. The van der Waals surface area contributed by atoms with Crippen LogP contribution < -0.4 is 0 Å². The molecule has 0 aromatic carbocycles. The third kappa shape index (κ3) is 19.9. The quantitative estimate of drug-likeness (QED) is 0.243. The molecule has 0 radical (unpaired) electrons. The Morgan fingerprint density at radius 3 is 1.30 bits per heavy atom. The second kappa shape index (κ2) is 20.8. The van der Waals surface area contributed by atoms with Crippen LogP contribution in [-0.2, 0) is 0 Å². The van der Waals surface area contributed by atoms with Crippen molar-refractivity contribution < 1.29 is 5.11 Å². The maximum Gasteiger partial charge on any atom is 0.0751 e. The van der Waals surface area contributed by atoms with E-state index in [9.17, 15) is 0 Å². The van der Waals surface area contributed by atoms with Crippen molar-refractivity contribution in [2.75, 3.05) is 0 Å². The zero-order chi connectivity index (χ0) is 14.0. The van der Waals surface area contributed by atoms with Crippen molar-refractivity contribution in [3.05, 3.63) is 12.3 Å². The van der Waals surface area contributed by atoms with E-state index in [0.717, 1.165) is 6.42 Å². The third-order valence-corrected chi connectivity index (χ3v) is 3.83. The summed E-state index contributed by atoms with van der Waals surface area (Å²) in [6, 6.07) is 0. The summed E-state index contributed by atoms with van der Waals surface area (Å²) in [7, 11) is 0. The average molecular weight is 285 g/mol. The first-order valence-electron chi connectivity index (χ1n) is 8.71. The highest BCUT2D eigenvalue weighted by Crippen LogP contribution is 2.13. The predicted molar refractivity (Wildman–Crippen MR) is 93.4 cm³/mol. The van der Waals surface area contributed by atoms with Gasteiger partial charge in [-0.05, 0) is 12.8 Å². The zero-order valence-corrected chi connectivity index (χ0v) is 13.2. The number of allylic oxidation sites excluding steroid dienone is 1. The fraction of sp³-hybridized carbons (Fsp3) is 0.895. The first kappa shape index (κ1) is 21.8. The number of hydrogen-bond acceptors (Lipinski definition) is 1. The van der Waals surface area contributed by atoms with Gasteiger partial charge in [-0.1, -0.05) is 104 Å². The molecule has 1 N–H and O–H groups in total. The number of rotatable bonds is 15. The second-order valence-electron chi connectivity index (χ2n) is 5.77. The molecular weight excluding hydrogens is 244 g/mol. The first-order chi connectivity index (χ1) is 9.41. The number of unbranched alkanes of at least 4 members (excludes halogenated alkanes) is 14. The minimum atomic E-state index is 0. The van der Waals surface area contributed by atoms with Crippen LogP contribution in [0.15, 0.2) is 12.3 Å². The predicted octanol–water partition coefficient (Wildman–Crippen LogP) is 7.57. The Morgan fingerprint density at radius 2 is 0.950 bits per heavy atom. The minimum absolute atomic E-state index is 0. The highest BCUT2D eigenvalue weighted by Gasteiger charge is 1.93. The summed E-state index contributed by atoms with van der Waals surface area (Å²) >= 11 is 0. The second-order valence-corrected chi connectivity index (χ2v) is 5.77. The van der Waals surface area contributed by atoms with Crippen LogP contribution >= 0.6 is 0 Å². The molecule has 122 valence electrons. The smallest absolute Gasteiger partial charge is 0.0751 e. The van der Waals surface area contributed by atoms with Crippen LogP contribution in [0.5, 0.6) is 0 Å². The lowest BCUT2D eigenvalue weighted by Gasteiger charge is -2.02. The van der Waals surface area contributed by atoms with Crippen LogP contribution in [-0.4, -0.2) is 5.11 Å². The van der Waals surface area contributed by atoms with Gasteiger partial charge in [-0.15, -0.1) is 0 Å². The topological polar surface area (TPSA) is 20.2 Å². The molecule has 0 rings (SSSR count). The minimum Gasteiger partial charge on any atom is -0.516 e. The van der Waals surface area contributed by atoms with Crippen LogP contribution in [0.2, 0.25) is 0 Å². The number of hydrogen-bond donors (Lipinski definition) is 1. The van der Waals surface area contributed by atoms with Crippen LogP contribution in [0.1, 0.15) is 111 Å². The fourth-order valence-corrected chi connectivity index (χ4v) is 2.53. The van der Waals surface area contributed by atoms with E-state index in [2.05, 4.69) is 6.92 Å². The Kier molecular flexibility index (Phi) is 22.8. The maximum atomic E-state index is 8.49. The Bertz CT molecular complexity index is 175. The Balaban J connectivity index is 0. The van der Waals surface area contributed by atoms with Crippen molar-refractivity contribution in [3.63, 3.8) is 0 Å². The van der Waals surface area contributed by atoms with Gasteiger partial charge in [0, 0.05) is 0 Å². The zero-order valence-electron chi connectivity index (χ0n) is 13.2. The van der Waals surface area contributed by atoms with E-state index >= 15 is 0 Å². The molecule has 0 aliphatic carbocycles. The van der Waals surface area contributed by atoms with Gasteiger partial charge in [0.15, 0.2) is 0 Å². The number of aliphatic hydroxyl groups excluding tert-OH is 1. The molecule has 0 unspecified atom stereocenters. The van der Waals surface area contributed by atoms with Gasteiger partial charge < -0.3 is 5.11 Å². The molecule has 0 aromatic heterocycles. The molecule has 0 fully saturated rings. The molecule has 1 heteroatoms. The van der Waals surface area contributed by atoms with Gasteiger partial charge in [0.25, 0.3) is 0 Å². The summed E-state index contributed by atoms with van der Waals surface area (Å²) in [6.45, 7) is 2.28. The van der Waals surface area contributed by atoms with Crippen LogP contribution in [0, 0.1) is 0 Å². The summed E-state index contributed by atoms with van der Waals surface area (Å²) in [5.41, 5.74) is 0. The van der Waals surface area contributed by atoms with Crippen LogP contribution in [0.3, 0.4) is 0 Å². The third-order valence-electron chi connectivity index (χ3n) is 3.83. The number of aliphatic hydroxyl groups is 1. The molecule has 1 nitrogen and oxygen atoms in total. The monoisotopic (exact) mass is 284 g/mol. The lowest BCUT2D eigenvalue weighted by Crippen LogP contribution is -1.83. The summed E-state index contributed by atoms with van der Waals surface area (Å²) in [6.07, 6.45) is 23.7. The van der Waals surface area contributed by atoms with Gasteiger partial charge in [0.1, 0.15) is 0 Å². The van der Waals surface area contributed by atoms with Crippen LogP contribution in [0.25, 0.3) is 0 Å². The average Bonchev–Trinajstić information content (AvgIpc) is 2.43. The molecular formula is C19H40O. The summed E-state index contributed by atoms with van der Waals surface area (Å²) in [4.78, 5) is 0. The van der Waals surface area contributed by atoms with Crippen molar-refractivity contribution in [2.24, 2.45) is 0 Å². The summed E-state index contributed by atoms with van der Waals surface area (Å²) in [5.74, 6) is 0. The largest absolute Gasteiger partial charge is 0.516 e. The van der Waals surface area contributed by atoms with E-state index in [0.29, 0.717) is 0 Å². The van der Waals surface area contributed by atoms with Crippen molar-refractivity contribution >= 4 is 0 Å². The van der Waals surface area contributed by atoms with Crippen LogP contribution in [0.4, 0.5) is 0 Å². The van der Waals surface area contributed by atoms with E-state index in [1.807, 2.05) is 6.08 Å². The summed E-state index contributed by atoms with van der Waals surface area (Å²) in [5, 5.41) is 8.49. The van der Waals surface area contributed by atoms with Gasteiger partial charge in [-0.25, -0.2) is 0 Å². The van der Waals surface area contributed by atoms with Gasteiger partial charge >= 0.3 is 0 Å². The molecule has 0 aromatic rings. The van der Waals surface area contributed by atoms with Crippen molar-refractivity contribution in [3.8, 4) is 0 Å². The SMILES string of the molecule is C.CCCCCCCCCCCCCCCCC=CO. The van der Waals surface area contributed by atoms with Gasteiger partial charge in [0.2, 0.25) is 0 Å². The molecule has 0 amide bonds. The van der Waals surface area contributed by atoms with E-state index in [1.165, 1.54) is 96.2 Å². The van der Waals surface area contributed by atoms with Crippen molar-refractivity contribution in [1.82, 2.24) is 0 Å². The molecule has 0 saturated heterocycles. The molecule has 0 atom stereocenters. The molecule has 0 bridgehead atoms. The Labute approximate surface area is 128 Å². The van der Waals surface area contributed by atoms with Gasteiger partial charge in [0.05, 0.1) is 6.26 Å². The molecule has 0 saturated carbocycles. The van der Waals surface area contributed by atoms with E-state index in [-0.39, 0.29) is 7.43 Å². The Morgan fingerprint density at radius 1 is 0.600 bits per heavy atom. The molecule has 20 heavy (non-hydrogen) atoms. The first-order valence-corrected chi connectivity index (χ1v) is 8.71. The lowest BCUT2D eigenvalue weighted by molar-refractivity contribution is 0.469. The normalized spacial score (nSPS) is 10.8. The molecule has 0 heterocycles. The molecule has 0 spiro atoms. The summed E-state index contributed by atoms with van der Waals surface area (Å²) < 4.78 is 0. The maximum absolute atomic E-state index is 8.49. The van der Waals surface area contributed by atoms with Crippen molar-refractivity contribution in [1.29, 1.82) is 0 Å². The van der Waals surface area contributed by atoms with E-state index < -0.39 is 0 Å².